The minimum Gasteiger partial charge on any atom is -0.376 e. The maximum absolute atomic E-state index is 12.7. The van der Waals surface area contributed by atoms with Gasteiger partial charge in [0.2, 0.25) is 9.84 Å². The average Bonchev–Trinajstić information content (AvgIpc) is 2.85. The van der Waals surface area contributed by atoms with Crippen LogP contribution in [0.4, 0.5) is 14.5 Å². The topological polar surface area (TPSA) is 64.0 Å². The van der Waals surface area contributed by atoms with E-state index in [4.69, 9.17) is 0 Å². The minimum absolute atomic E-state index is 0.145. The van der Waals surface area contributed by atoms with Crippen molar-refractivity contribution in [2.75, 3.05) is 5.32 Å². The van der Waals surface area contributed by atoms with E-state index in [-0.39, 0.29) is 11.7 Å². The molecule has 0 aliphatic carbocycles. The fourth-order valence-corrected chi connectivity index (χ4v) is 2.94. The quantitative estimate of drug-likeness (QED) is 0.921. The van der Waals surface area contributed by atoms with Crippen molar-refractivity contribution in [1.29, 1.82) is 0 Å². The predicted octanol–water partition coefficient (Wildman–Crippen LogP) is 2.59. The van der Waals surface area contributed by atoms with Crippen LogP contribution in [0.1, 0.15) is 18.7 Å². The molecule has 1 N–H and O–H groups in total. The molecule has 2 aromatic rings. The summed E-state index contributed by atoms with van der Waals surface area (Å²) in [5, 5.41) is 6.96. The summed E-state index contributed by atoms with van der Waals surface area (Å²) < 4.78 is 50.4. The molecule has 0 amide bonds. The van der Waals surface area contributed by atoms with Crippen molar-refractivity contribution in [3.05, 3.63) is 42.2 Å². The zero-order chi connectivity index (χ0) is 15.6. The molecule has 1 unspecified atom stereocenters. The van der Waals surface area contributed by atoms with Crippen LogP contribution in [0.5, 0.6) is 0 Å². The van der Waals surface area contributed by atoms with Gasteiger partial charge in [0.05, 0.1) is 22.3 Å². The van der Waals surface area contributed by atoms with Crippen molar-refractivity contribution in [2.24, 2.45) is 7.05 Å². The Labute approximate surface area is 121 Å². The highest BCUT2D eigenvalue weighted by Gasteiger charge is 2.29. The van der Waals surface area contributed by atoms with E-state index in [1.807, 2.05) is 0 Å². The van der Waals surface area contributed by atoms with Crippen LogP contribution in [0.2, 0.25) is 0 Å². The van der Waals surface area contributed by atoms with Gasteiger partial charge in [-0.15, -0.1) is 0 Å². The number of aryl methyl sites for hydroxylation is 1. The highest BCUT2D eigenvalue weighted by Crippen LogP contribution is 2.28. The zero-order valence-corrected chi connectivity index (χ0v) is 12.3. The Hall–Kier alpha value is -1.96. The molecule has 1 aromatic heterocycles. The molecule has 5 nitrogen and oxygen atoms in total. The Balaban J connectivity index is 2.36. The van der Waals surface area contributed by atoms with Crippen LogP contribution < -0.4 is 5.32 Å². The van der Waals surface area contributed by atoms with E-state index in [1.54, 1.807) is 37.0 Å². The molecule has 2 rings (SSSR count). The number of alkyl halides is 2. The van der Waals surface area contributed by atoms with E-state index in [1.165, 1.54) is 18.2 Å². The van der Waals surface area contributed by atoms with E-state index in [0.29, 0.717) is 0 Å². The second-order valence-electron chi connectivity index (χ2n) is 4.55. The maximum Gasteiger partial charge on any atom is 0.341 e. The lowest BCUT2D eigenvalue weighted by molar-refractivity contribution is 0.235. The zero-order valence-electron chi connectivity index (χ0n) is 11.5. The van der Waals surface area contributed by atoms with Gasteiger partial charge in [0.15, 0.2) is 0 Å². The van der Waals surface area contributed by atoms with Gasteiger partial charge in [-0.05, 0) is 25.1 Å². The summed E-state index contributed by atoms with van der Waals surface area (Å²) in [6.07, 6.45) is 1.61. The van der Waals surface area contributed by atoms with Gasteiger partial charge in [0, 0.05) is 13.2 Å². The molecule has 0 radical (unpaired) electrons. The van der Waals surface area contributed by atoms with Gasteiger partial charge >= 0.3 is 5.76 Å². The number of nitrogens with one attached hydrogen (secondary N) is 1. The normalized spacial score (nSPS) is 13.4. The van der Waals surface area contributed by atoms with Crippen LogP contribution in [0, 0.1) is 0 Å². The Bertz CT molecular complexity index is 729. The second kappa shape index (κ2) is 5.80. The molecule has 1 aromatic carbocycles. The van der Waals surface area contributed by atoms with Crippen molar-refractivity contribution >= 4 is 15.5 Å². The number of aromatic nitrogens is 2. The summed E-state index contributed by atoms with van der Waals surface area (Å²) in [4.78, 5) is -0.408. The number of hydrogen-bond donors (Lipinski definition) is 1. The van der Waals surface area contributed by atoms with E-state index in [0.717, 1.165) is 5.69 Å². The summed E-state index contributed by atoms with van der Waals surface area (Å²) in [7, 11) is -2.91. The highest BCUT2D eigenvalue weighted by molar-refractivity contribution is 7.91. The summed E-state index contributed by atoms with van der Waals surface area (Å²) in [6, 6.07) is 7.11. The third kappa shape index (κ3) is 3.05. The molecular weight excluding hydrogens is 300 g/mol. The van der Waals surface area contributed by atoms with Crippen molar-refractivity contribution in [3.8, 4) is 0 Å². The molecule has 0 aliphatic heterocycles. The first-order valence-corrected chi connectivity index (χ1v) is 7.74. The van der Waals surface area contributed by atoms with E-state index in [2.05, 4.69) is 10.4 Å². The van der Waals surface area contributed by atoms with Crippen molar-refractivity contribution < 1.29 is 17.2 Å². The van der Waals surface area contributed by atoms with Crippen LogP contribution in [-0.2, 0) is 16.9 Å². The summed E-state index contributed by atoms with van der Waals surface area (Å²) in [6.45, 7) is 1.79. The van der Waals surface area contributed by atoms with E-state index in [9.17, 15) is 17.2 Å². The molecule has 0 saturated carbocycles. The number of para-hydroxylation sites is 1. The lowest BCUT2D eigenvalue weighted by Gasteiger charge is -2.18. The summed E-state index contributed by atoms with van der Waals surface area (Å²) >= 11 is 0. The molecule has 1 heterocycles. The third-order valence-corrected chi connectivity index (χ3v) is 4.54. The van der Waals surface area contributed by atoms with Gasteiger partial charge in [0.1, 0.15) is 0 Å². The molecule has 1 atom stereocenters. The van der Waals surface area contributed by atoms with Crippen molar-refractivity contribution in [3.63, 3.8) is 0 Å². The first-order chi connectivity index (χ1) is 9.84. The third-order valence-electron chi connectivity index (χ3n) is 3.10. The van der Waals surface area contributed by atoms with Gasteiger partial charge in [-0.2, -0.15) is 13.9 Å². The number of anilines is 1. The lowest BCUT2D eigenvalue weighted by Crippen LogP contribution is -2.17. The number of rotatable bonds is 5. The molecule has 8 heteroatoms. The van der Waals surface area contributed by atoms with Crippen LogP contribution in [0.15, 0.2) is 41.4 Å². The number of hydrogen-bond acceptors (Lipinski definition) is 4. The SMILES string of the molecule is CC(Nc1ccccc1S(=O)(=O)C(F)F)c1ccnn1C. The van der Waals surface area contributed by atoms with Crippen molar-refractivity contribution in [1.82, 2.24) is 9.78 Å². The number of nitrogens with zero attached hydrogens (tertiary/aromatic N) is 2. The smallest absolute Gasteiger partial charge is 0.341 e. The minimum atomic E-state index is -4.65. The van der Waals surface area contributed by atoms with Gasteiger partial charge < -0.3 is 5.32 Å². The van der Waals surface area contributed by atoms with Crippen LogP contribution >= 0.6 is 0 Å². The summed E-state index contributed by atoms with van der Waals surface area (Å²) in [5.41, 5.74) is 0.950. The van der Waals surface area contributed by atoms with Gasteiger partial charge in [-0.1, -0.05) is 12.1 Å². The molecule has 114 valence electrons. The Morgan fingerprint density at radius 2 is 1.90 bits per heavy atom. The Kier molecular flexibility index (Phi) is 4.26. The molecule has 0 aliphatic rings. The average molecular weight is 315 g/mol. The van der Waals surface area contributed by atoms with Crippen LogP contribution in [0.25, 0.3) is 0 Å². The summed E-state index contributed by atoms with van der Waals surface area (Å²) in [5.74, 6) is -3.45. The fourth-order valence-electron chi connectivity index (χ4n) is 2.05. The standard InChI is InChI=1S/C13H15F2N3O2S/c1-9(11-7-8-16-18(11)2)17-10-5-3-4-6-12(10)21(19,20)13(14)15/h3-9,13,17H,1-2H3. The molecule has 21 heavy (non-hydrogen) atoms. The Morgan fingerprint density at radius 1 is 1.24 bits per heavy atom. The molecule has 0 saturated heterocycles. The van der Waals surface area contributed by atoms with Gasteiger partial charge in [-0.25, -0.2) is 8.42 Å². The Morgan fingerprint density at radius 3 is 2.48 bits per heavy atom. The lowest BCUT2D eigenvalue weighted by atomic mass is 10.2. The maximum atomic E-state index is 12.7. The van der Waals surface area contributed by atoms with Crippen LogP contribution in [0.3, 0.4) is 0 Å². The first kappa shape index (κ1) is 15.4. The predicted molar refractivity (Wildman–Crippen MR) is 74.9 cm³/mol. The molecular formula is C13H15F2N3O2S. The number of sulfone groups is 1. The van der Waals surface area contributed by atoms with Crippen molar-refractivity contribution in [2.45, 2.75) is 23.6 Å². The largest absolute Gasteiger partial charge is 0.376 e. The molecule has 0 fully saturated rings. The molecule has 0 spiro atoms. The number of halogens is 2. The van der Waals surface area contributed by atoms with Gasteiger partial charge in [-0.3, -0.25) is 4.68 Å². The first-order valence-electron chi connectivity index (χ1n) is 6.19. The van der Waals surface area contributed by atoms with Gasteiger partial charge in [0.25, 0.3) is 0 Å². The second-order valence-corrected chi connectivity index (χ2v) is 6.43. The fraction of sp³-hybridized carbons (Fsp3) is 0.308. The highest BCUT2D eigenvalue weighted by atomic mass is 32.2. The number of benzene rings is 1. The van der Waals surface area contributed by atoms with E-state index < -0.39 is 20.5 Å². The van der Waals surface area contributed by atoms with Crippen LogP contribution in [-0.4, -0.2) is 24.0 Å². The monoisotopic (exact) mass is 315 g/mol. The molecule has 0 bridgehead atoms. The van der Waals surface area contributed by atoms with E-state index >= 15 is 0 Å².